The van der Waals surface area contributed by atoms with Crippen molar-refractivity contribution >= 4 is 15.7 Å². The molecule has 0 spiro atoms. The van der Waals surface area contributed by atoms with E-state index in [1.165, 1.54) is 0 Å². The first-order valence-electron chi connectivity index (χ1n) is 6.73. The second-order valence-electron chi connectivity index (χ2n) is 5.08. The van der Waals surface area contributed by atoms with Gasteiger partial charge in [0.25, 0.3) is 0 Å². The third kappa shape index (κ3) is 4.19. The molecule has 0 aliphatic carbocycles. The number of hydrogen-bond donors (Lipinski definition) is 2. The highest BCUT2D eigenvalue weighted by Gasteiger charge is 2.19. The van der Waals surface area contributed by atoms with Crippen molar-refractivity contribution in [1.29, 1.82) is 0 Å². The van der Waals surface area contributed by atoms with Gasteiger partial charge in [0, 0.05) is 32.4 Å². The fourth-order valence-electron chi connectivity index (χ4n) is 2.03. The number of sulfonamides is 1. The molecule has 0 fully saturated rings. The Morgan fingerprint density at radius 1 is 1.35 bits per heavy atom. The molecule has 0 aliphatic rings. The van der Waals surface area contributed by atoms with Crippen LogP contribution < -0.4 is 9.62 Å². The summed E-state index contributed by atoms with van der Waals surface area (Å²) in [5, 5.41) is 8.95. The summed E-state index contributed by atoms with van der Waals surface area (Å²) in [5.41, 5.74) is 1.90. The van der Waals surface area contributed by atoms with Gasteiger partial charge in [0.15, 0.2) is 0 Å². The smallest absolute Gasteiger partial charge is 0.240 e. The molecule has 1 rings (SSSR count). The lowest BCUT2D eigenvalue weighted by molar-refractivity contribution is 0.270. The highest BCUT2D eigenvalue weighted by atomic mass is 32.2. The summed E-state index contributed by atoms with van der Waals surface area (Å²) in [5.74, 6) is 0. The first-order valence-corrected chi connectivity index (χ1v) is 8.21. The molecule has 2 N–H and O–H groups in total. The number of benzene rings is 1. The second-order valence-corrected chi connectivity index (χ2v) is 6.80. The van der Waals surface area contributed by atoms with Crippen LogP contribution >= 0.6 is 0 Å². The number of nitrogens with one attached hydrogen (secondary N) is 1. The van der Waals surface area contributed by atoms with E-state index in [2.05, 4.69) is 4.72 Å². The van der Waals surface area contributed by atoms with E-state index in [1.807, 2.05) is 32.8 Å². The van der Waals surface area contributed by atoms with E-state index in [-0.39, 0.29) is 17.5 Å². The Hall–Kier alpha value is -1.11. The van der Waals surface area contributed by atoms with E-state index in [0.717, 1.165) is 11.3 Å². The number of rotatable bonds is 7. The Labute approximate surface area is 121 Å². The first-order chi connectivity index (χ1) is 9.31. The molecule has 1 atom stereocenters. The minimum Gasteiger partial charge on any atom is -0.396 e. The van der Waals surface area contributed by atoms with Crippen LogP contribution in [0.25, 0.3) is 0 Å². The molecule has 1 unspecified atom stereocenters. The van der Waals surface area contributed by atoms with Gasteiger partial charge in [-0.05, 0) is 37.5 Å². The Morgan fingerprint density at radius 3 is 2.50 bits per heavy atom. The van der Waals surface area contributed by atoms with Crippen molar-refractivity contribution in [3.05, 3.63) is 23.8 Å². The molecule has 0 aliphatic heterocycles. The minimum atomic E-state index is -3.55. The number of hydrogen-bond acceptors (Lipinski definition) is 4. The standard InChI is InChI=1S/C14H24N2O3S/c1-5-12(8-9-17)15-20(18,19)13-7-6-11(2)14(10-13)16(3)4/h6-7,10,12,15,17H,5,8-9H2,1-4H3. The number of anilines is 1. The molecule has 6 heteroatoms. The highest BCUT2D eigenvalue weighted by molar-refractivity contribution is 7.89. The Kier molecular flexibility index (Phi) is 5.98. The monoisotopic (exact) mass is 300 g/mol. The van der Waals surface area contributed by atoms with Crippen molar-refractivity contribution in [3.63, 3.8) is 0 Å². The molecule has 20 heavy (non-hydrogen) atoms. The number of aryl methyl sites for hydroxylation is 1. The van der Waals surface area contributed by atoms with Gasteiger partial charge in [-0.1, -0.05) is 13.0 Å². The second kappa shape index (κ2) is 7.06. The first kappa shape index (κ1) is 16.9. The van der Waals surface area contributed by atoms with Crippen LogP contribution in [0.2, 0.25) is 0 Å². The van der Waals surface area contributed by atoms with Gasteiger partial charge in [-0.3, -0.25) is 0 Å². The van der Waals surface area contributed by atoms with E-state index in [0.29, 0.717) is 12.8 Å². The van der Waals surface area contributed by atoms with Crippen LogP contribution in [0.5, 0.6) is 0 Å². The molecule has 0 bridgehead atoms. The zero-order chi connectivity index (χ0) is 15.3. The lowest BCUT2D eigenvalue weighted by Crippen LogP contribution is -2.35. The van der Waals surface area contributed by atoms with Crippen LogP contribution in [0.15, 0.2) is 23.1 Å². The number of nitrogens with zero attached hydrogens (tertiary/aromatic N) is 1. The van der Waals surface area contributed by atoms with Crippen LogP contribution in [-0.4, -0.2) is 40.3 Å². The number of aliphatic hydroxyl groups is 1. The van der Waals surface area contributed by atoms with Crippen LogP contribution in [0.3, 0.4) is 0 Å². The van der Waals surface area contributed by atoms with Gasteiger partial charge in [0.1, 0.15) is 0 Å². The normalized spacial score (nSPS) is 13.2. The number of aliphatic hydroxyl groups excluding tert-OH is 1. The van der Waals surface area contributed by atoms with Crippen LogP contribution in [0, 0.1) is 6.92 Å². The summed E-state index contributed by atoms with van der Waals surface area (Å²) < 4.78 is 27.3. The van der Waals surface area contributed by atoms with E-state index in [9.17, 15) is 8.42 Å². The topological polar surface area (TPSA) is 69.6 Å². The largest absolute Gasteiger partial charge is 0.396 e. The molecule has 0 saturated heterocycles. The lowest BCUT2D eigenvalue weighted by Gasteiger charge is -2.19. The van der Waals surface area contributed by atoms with Gasteiger partial charge in [0.2, 0.25) is 10.0 Å². The van der Waals surface area contributed by atoms with Gasteiger partial charge in [-0.25, -0.2) is 13.1 Å². The minimum absolute atomic E-state index is 0.0299. The molecule has 5 nitrogen and oxygen atoms in total. The van der Waals surface area contributed by atoms with Crippen LogP contribution in [0.1, 0.15) is 25.3 Å². The summed E-state index contributed by atoms with van der Waals surface area (Å²) in [6.45, 7) is 3.81. The predicted octanol–water partition coefficient (Wildman–Crippen LogP) is 1.50. The van der Waals surface area contributed by atoms with Gasteiger partial charge in [-0.2, -0.15) is 0 Å². The predicted molar refractivity (Wildman–Crippen MR) is 81.6 cm³/mol. The Morgan fingerprint density at radius 2 is 2.00 bits per heavy atom. The molecular weight excluding hydrogens is 276 g/mol. The van der Waals surface area contributed by atoms with E-state index in [4.69, 9.17) is 5.11 Å². The maximum atomic E-state index is 12.4. The summed E-state index contributed by atoms with van der Waals surface area (Å²) in [4.78, 5) is 2.14. The third-order valence-corrected chi connectivity index (χ3v) is 4.78. The lowest BCUT2D eigenvalue weighted by atomic mass is 10.2. The fraction of sp³-hybridized carbons (Fsp3) is 0.571. The van der Waals surface area contributed by atoms with Crippen molar-refractivity contribution < 1.29 is 13.5 Å². The molecule has 0 saturated carbocycles. The summed E-state index contributed by atoms with van der Waals surface area (Å²) in [6.07, 6.45) is 1.06. The van der Waals surface area contributed by atoms with Gasteiger partial charge >= 0.3 is 0 Å². The maximum absolute atomic E-state index is 12.4. The highest BCUT2D eigenvalue weighted by Crippen LogP contribution is 2.22. The quantitative estimate of drug-likeness (QED) is 0.800. The Balaban J connectivity index is 3.06. The van der Waals surface area contributed by atoms with Gasteiger partial charge < -0.3 is 10.0 Å². The molecule has 114 valence electrons. The van der Waals surface area contributed by atoms with E-state index in [1.54, 1.807) is 18.2 Å². The van der Waals surface area contributed by atoms with Crippen molar-refractivity contribution in [2.75, 3.05) is 25.6 Å². The van der Waals surface area contributed by atoms with Crippen LogP contribution in [0.4, 0.5) is 5.69 Å². The van der Waals surface area contributed by atoms with Crippen molar-refractivity contribution in [3.8, 4) is 0 Å². The van der Waals surface area contributed by atoms with Gasteiger partial charge in [-0.15, -0.1) is 0 Å². The molecule has 0 amide bonds. The summed E-state index contributed by atoms with van der Waals surface area (Å²) in [7, 11) is 0.209. The zero-order valence-corrected chi connectivity index (χ0v) is 13.4. The zero-order valence-electron chi connectivity index (χ0n) is 12.5. The van der Waals surface area contributed by atoms with Crippen LogP contribution in [-0.2, 0) is 10.0 Å². The average molecular weight is 300 g/mol. The molecule has 1 aromatic rings. The Bertz CT molecular complexity index is 541. The van der Waals surface area contributed by atoms with E-state index < -0.39 is 10.0 Å². The average Bonchev–Trinajstić information content (AvgIpc) is 2.37. The van der Waals surface area contributed by atoms with Crippen molar-refractivity contribution in [2.45, 2.75) is 37.6 Å². The van der Waals surface area contributed by atoms with Crippen molar-refractivity contribution in [1.82, 2.24) is 4.72 Å². The SMILES string of the molecule is CCC(CCO)NS(=O)(=O)c1ccc(C)c(N(C)C)c1. The maximum Gasteiger partial charge on any atom is 0.240 e. The summed E-state index contributed by atoms with van der Waals surface area (Å²) >= 11 is 0. The molecule has 0 aromatic heterocycles. The molecular formula is C14H24N2O3S. The molecule has 1 aromatic carbocycles. The van der Waals surface area contributed by atoms with E-state index >= 15 is 0 Å². The van der Waals surface area contributed by atoms with Crippen molar-refractivity contribution in [2.24, 2.45) is 0 Å². The summed E-state index contributed by atoms with van der Waals surface area (Å²) in [6, 6.07) is 4.84. The molecule has 0 heterocycles. The fourth-order valence-corrected chi connectivity index (χ4v) is 3.40. The third-order valence-electron chi connectivity index (χ3n) is 3.26. The molecule has 0 radical (unpaired) electrons. The van der Waals surface area contributed by atoms with Gasteiger partial charge in [0.05, 0.1) is 4.90 Å².